The molecule has 0 aliphatic heterocycles. The van der Waals surface area contributed by atoms with E-state index in [1.165, 1.54) is 12.8 Å². The highest BCUT2D eigenvalue weighted by atomic mass is 32.1. The summed E-state index contributed by atoms with van der Waals surface area (Å²) in [7, 11) is 0. The highest BCUT2D eigenvalue weighted by Crippen LogP contribution is 2.29. The Balaban J connectivity index is 1.86. The number of rotatable bonds is 5. The average molecular weight is 362 g/mol. The maximum Gasteiger partial charge on any atom is 0.245 e. The fourth-order valence-corrected chi connectivity index (χ4v) is 3.82. The quantitative estimate of drug-likeness (QED) is 0.550. The third-order valence-corrected chi connectivity index (χ3v) is 5.64. The fourth-order valence-electron chi connectivity index (χ4n) is 3.62. The van der Waals surface area contributed by atoms with Crippen LogP contribution in [0.15, 0.2) is 30.3 Å². The Kier molecular flexibility index (Phi) is 7.69. The minimum Gasteiger partial charge on any atom is -0.358 e. The number of hydrazine groups is 1. The first-order valence-corrected chi connectivity index (χ1v) is 9.85. The molecule has 0 heterocycles. The second kappa shape index (κ2) is 9.76. The van der Waals surface area contributed by atoms with Crippen LogP contribution in [0.5, 0.6) is 0 Å². The van der Waals surface area contributed by atoms with E-state index in [2.05, 4.69) is 36.9 Å². The number of amides is 1. The van der Waals surface area contributed by atoms with E-state index in [9.17, 15) is 4.79 Å². The second-order valence-corrected chi connectivity index (χ2v) is 7.62. The lowest BCUT2D eigenvalue weighted by atomic mass is 9.78. The molecule has 1 saturated carbocycles. The van der Waals surface area contributed by atoms with Gasteiger partial charge >= 0.3 is 0 Å². The molecule has 1 aliphatic carbocycles. The van der Waals surface area contributed by atoms with Gasteiger partial charge in [-0.2, -0.15) is 0 Å². The van der Waals surface area contributed by atoms with Crippen LogP contribution in [-0.4, -0.2) is 17.1 Å². The SMILES string of the molecule is CCC[C@@H](C(=O)NNC(=S)N[C@@H]1CCC[C@H](C)[C@@H]1C)c1ccccc1. The topological polar surface area (TPSA) is 53.2 Å². The molecule has 1 aromatic rings. The summed E-state index contributed by atoms with van der Waals surface area (Å²) in [6, 6.07) is 10.3. The molecule has 1 fully saturated rings. The lowest BCUT2D eigenvalue weighted by molar-refractivity contribution is -0.123. The van der Waals surface area contributed by atoms with E-state index in [-0.39, 0.29) is 11.8 Å². The van der Waals surface area contributed by atoms with Gasteiger partial charge < -0.3 is 5.32 Å². The van der Waals surface area contributed by atoms with Crippen molar-refractivity contribution >= 4 is 23.2 Å². The standard InChI is InChI=1S/C20H31N3OS/c1-4-9-17(16-11-6-5-7-12-16)19(24)22-23-20(25)21-18-13-8-10-14(2)15(18)3/h5-7,11-12,14-15,17-18H,4,8-10,13H2,1-3H3,(H,22,24)(H2,21,23,25)/t14-,15-,17+,18+/m0/s1. The minimum absolute atomic E-state index is 0.0396. The zero-order valence-electron chi connectivity index (χ0n) is 15.5. The van der Waals surface area contributed by atoms with Crippen molar-refractivity contribution in [2.75, 3.05) is 0 Å². The summed E-state index contributed by atoms with van der Waals surface area (Å²) >= 11 is 5.38. The molecule has 1 amide bonds. The van der Waals surface area contributed by atoms with Crippen LogP contribution < -0.4 is 16.2 Å². The van der Waals surface area contributed by atoms with Crippen molar-refractivity contribution in [2.45, 2.75) is 64.8 Å². The molecule has 0 radical (unpaired) electrons. The average Bonchev–Trinajstić information content (AvgIpc) is 2.62. The molecule has 4 atom stereocenters. The first-order chi connectivity index (χ1) is 12.0. The van der Waals surface area contributed by atoms with Crippen molar-refractivity contribution in [3.8, 4) is 0 Å². The zero-order valence-corrected chi connectivity index (χ0v) is 16.4. The Bertz CT molecular complexity index is 563. The van der Waals surface area contributed by atoms with Gasteiger partial charge in [0.15, 0.2) is 5.11 Å². The van der Waals surface area contributed by atoms with E-state index in [0.717, 1.165) is 24.8 Å². The summed E-state index contributed by atoms with van der Waals surface area (Å²) in [4.78, 5) is 12.6. The third-order valence-electron chi connectivity index (χ3n) is 5.42. The zero-order chi connectivity index (χ0) is 18.2. The summed E-state index contributed by atoms with van der Waals surface area (Å²) in [6.07, 6.45) is 5.41. The lowest BCUT2D eigenvalue weighted by Crippen LogP contribution is -2.53. The summed E-state index contributed by atoms with van der Waals surface area (Å²) in [5.41, 5.74) is 6.72. The van der Waals surface area contributed by atoms with Crippen LogP contribution in [0, 0.1) is 11.8 Å². The van der Waals surface area contributed by atoms with Crippen molar-refractivity contribution in [2.24, 2.45) is 11.8 Å². The van der Waals surface area contributed by atoms with E-state index in [1.807, 2.05) is 30.3 Å². The van der Waals surface area contributed by atoms with Crippen molar-refractivity contribution in [1.29, 1.82) is 0 Å². The van der Waals surface area contributed by atoms with E-state index in [4.69, 9.17) is 12.2 Å². The molecule has 1 aliphatic rings. The highest BCUT2D eigenvalue weighted by molar-refractivity contribution is 7.80. The third kappa shape index (κ3) is 5.70. The summed E-state index contributed by atoms with van der Waals surface area (Å²) in [6.45, 7) is 6.66. The van der Waals surface area contributed by atoms with E-state index >= 15 is 0 Å². The van der Waals surface area contributed by atoms with Gasteiger partial charge in [-0.15, -0.1) is 0 Å². The number of hydrogen-bond acceptors (Lipinski definition) is 2. The van der Waals surface area contributed by atoms with Gasteiger partial charge in [0.2, 0.25) is 5.91 Å². The Labute approximate surface area is 157 Å². The van der Waals surface area contributed by atoms with Gasteiger partial charge in [0.05, 0.1) is 5.92 Å². The smallest absolute Gasteiger partial charge is 0.245 e. The number of benzene rings is 1. The molecular weight excluding hydrogens is 330 g/mol. The second-order valence-electron chi connectivity index (χ2n) is 7.21. The van der Waals surface area contributed by atoms with Crippen molar-refractivity contribution < 1.29 is 4.79 Å². The van der Waals surface area contributed by atoms with Crippen LogP contribution in [0.4, 0.5) is 0 Å². The molecule has 3 N–H and O–H groups in total. The number of nitrogens with one attached hydrogen (secondary N) is 3. The van der Waals surface area contributed by atoms with Crippen molar-refractivity contribution in [1.82, 2.24) is 16.2 Å². The van der Waals surface area contributed by atoms with Gasteiger partial charge in [0.1, 0.15) is 0 Å². The number of carbonyl (C=O) groups is 1. The molecular formula is C20H31N3OS. The largest absolute Gasteiger partial charge is 0.358 e. The molecule has 138 valence electrons. The molecule has 2 rings (SSSR count). The van der Waals surface area contributed by atoms with E-state index < -0.39 is 0 Å². The Morgan fingerprint density at radius 1 is 1.20 bits per heavy atom. The summed E-state index contributed by atoms with van der Waals surface area (Å²) in [5, 5.41) is 3.87. The monoisotopic (exact) mass is 361 g/mol. The molecule has 0 unspecified atom stereocenters. The van der Waals surface area contributed by atoms with Gasteiger partial charge in [-0.1, -0.05) is 70.4 Å². The molecule has 0 bridgehead atoms. The van der Waals surface area contributed by atoms with E-state index in [1.54, 1.807) is 0 Å². The lowest BCUT2D eigenvalue weighted by Gasteiger charge is -2.35. The molecule has 0 saturated heterocycles. The maximum absolute atomic E-state index is 12.6. The van der Waals surface area contributed by atoms with Crippen LogP contribution in [0.25, 0.3) is 0 Å². The van der Waals surface area contributed by atoms with Gasteiger partial charge in [-0.25, -0.2) is 0 Å². The van der Waals surface area contributed by atoms with Crippen LogP contribution in [0.3, 0.4) is 0 Å². The first-order valence-electron chi connectivity index (χ1n) is 9.44. The van der Waals surface area contributed by atoms with Crippen LogP contribution in [0.1, 0.15) is 64.4 Å². The number of thiocarbonyl (C=S) groups is 1. The predicted molar refractivity (Wildman–Crippen MR) is 107 cm³/mol. The summed E-state index contributed by atoms with van der Waals surface area (Å²) < 4.78 is 0. The predicted octanol–water partition coefficient (Wildman–Crippen LogP) is 3.89. The van der Waals surface area contributed by atoms with E-state index in [0.29, 0.717) is 23.0 Å². The Hall–Kier alpha value is -1.62. The van der Waals surface area contributed by atoms with Gasteiger partial charge in [0, 0.05) is 6.04 Å². The van der Waals surface area contributed by atoms with Gasteiger partial charge in [0.25, 0.3) is 0 Å². The number of carbonyl (C=O) groups excluding carboxylic acids is 1. The molecule has 25 heavy (non-hydrogen) atoms. The normalized spacial score (nSPS) is 24.2. The van der Waals surface area contributed by atoms with Gasteiger partial charge in [-0.3, -0.25) is 15.6 Å². The Morgan fingerprint density at radius 2 is 1.92 bits per heavy atom. The summed E-state index contributed by atoms with van der Waals surface area (Å²) in [5.74, 6) is 1.09. The number of hydrogen-bond donors (Lipinski definition) is 3. The van der Waals surface area contributed by atoms with Crippen molar-refractivity contribution in [3.63, 3.8) is 0 Å². The molecule has 0 spiro atoms. The van der Waals surface area contributed by atoms with Crippen molar-refractivity contribution in [3.05, 3.63) is 35.9 Å². The fraction of sp³-hybridized carbons (Fsp3) is 0.600. The highest BCUT2D eigenvalue weighted by Gasteiger charge is 2.27. The van der Waals surface area contributed by atoms with Crippen LogP contribution in [-0.2, 0) is 4.79 Å². The molecule has 1 aromatic carbocycles. The minimum atomic E-state index is -0.157. The molecule has 4 nitrogen and oxygen atoms in total. The maximum atomic E-state index is 12.6. The molecule has 5 heteroatoms. The Morgan fingerprint density at radius 3 is 2.60 bits per heavy atom. The van der Waals surface area contributed by atoms with Crippen LogP contribution >= 0.6 is 12.2 Å². The first kappa shape index (κ1) is 19.7. The van der Waals surface area contributed by atoms with Crippen LogP contribution in [0.2, 0.25) is 0 Å². The molecule has 0 aromatic heterocycles. The van der Waals surface area contributed by atoms with Gasteiger partial charge in [-0.05, 0) is 42.5 Å².